The third-order valence-corrected chi connectivity index (χ3v) is 7.35. The van der Waals surface area contributed by atoms with Crippen molar-refractivity contribution in [2.24, 2.45) is 0 Å². The molecule has 4 aromatic heterocycles. The van der Waals surface area contributed by atoms with E-state index >= 15 is 0 Å². The molecular weight excluding hydrogens is 866 g/mol. The maximum Gasteiger partial charge on any atom is 0.250 e. The highest BCUT2D eigenvalue weighted by Crippen LogP contribution is 2.41. The van der Waals surface area contributed by atoms with Crippen LogP contribution >= 0.6 is 139 Å². The molecule has 47 heavy (non-hydrogen) atoms. The van der Waals surface area contributed by atoms with E-state index in [0.717, 1.165) is 30.8 Å². The van der Waals surface area contributed by atoms with E-state index in [9.17, 15) is 0 Å². The zero-order valence-corrected chi connectivity index (χ0v) is 32.8. The molecule has 0 aliphatic carbocycles. The molecule has 254 valence electrons. The zero-order valence-electron chi connectivity index (χ0n) is 23.8. The van der Waals surface area contributed by atoms with Crippen molar-refractivity contribution in [1.82, 2.24) is 29.9 Å². The molecule has 0 saturated carbocycles. The van der Waals surface area contributed by atoms with Crippen LogP contribution in [-0.2, 0) is 28.0 Å². The summed E-state index contributed by atoms with van der Waals surface area (Å²) in [4.78, 5) is 23.9. The minimum atomic E-state index is -1.88. The van der Waals surface area contributed by atoms with Crippen LogP contribution in [0, 0.1) is 0 Å². The third-order valence-electron chi connectivity index (χ3n) is 5.32. The molecule has 20 heteroatoms. The van der Waals surface area contributed by atoms with Gasteiger partial charge >= 0.3 is 0 Å². The van der Waals surface area contributed by atoms with E-state index in [2.05, 4.69) is 36.8 Å². The van der Waals surface area contributed by atoms with Gasteiger partial charge in [0.05, 0.1) is 0 Å². The quantitative estimate of drug-likeness (QED) is 0.169. The van der Waals surface area contributed by atoms with Crippen molar-refractivity contribution >= 4 is 164 Å². The Balaban J connectivity index is 0.000000256. The predicted octanol–water partition coefficient (Wildman–Crippen LogP) is 12.1. The first kappa shape index (κ1) is 41.0. The molecule has 4 heterocycles. The van der Waals surface area contributed by atoms with Gasteiger partial charge in [-0.05, 0) is 55.0 Å². The largest absolute Gasteiger partial charge is 0.462 e. The minimum absolute atomic E-state index is 0.144. The van der Waals surface area contributed by atoms with E-state index in [0.29, 0.717) is 11.5 Å². The number of hydrogen-bond acceptors (Lipinski definition) is 8. The van der Waals surface area contributed by atoms with Crippen molar-refractivity contribution in [3.8, 4) is 0 Å². The summed E-state index contributed by atoms with van der Waals surface area (Å²) in [6, 6.07) is 7.40. The fraction of sp³-hybridized carbons (Fsp3) is 0.333. The molecule has 0 aliphatic rings. The molecule has 0 unspecified atom stereocenters. The molecule has 0 spiro atoms. The molecule has 0 aromatic carbocycles. The van der Waals surface area contributed by atoms with Crippen LogP contribution in [0.15, 0.2) is 33.1 Å². The van der Waals surface area contributed by atoms with Crippen molar-refractivity contribution in [1.29, 1.82) is 0 Å². The molecule has 4 aromatic rings. The van der Waals surface area contributed by atoms with Gasteiger partial charge in [0.25, 0.3) is 0 Å². The molecular formula is C27H20Cl12N6O2. The maximum atomic E-state index is 5.81. The average Bonchev–Trinajstić information content (AvgIpc) is 3.63. The Bertz CT molecular complexity index is 1640. The molecule has 0 atom stereocenters. The van der Waals surface area contributed by atoms with Crippen LogP contribution in [-0.4, -0.2) is 29.9 Å². The summed E-state index contributed by atoms with van der Waals surface area (Å²) in [5, 5.41) is 0. The van der Waals surface area contributed by atoms with Crippen molar-refractivity contribution in [2.45, 2.75) is 48.3 Å². The first-order chi connectivity index (χ1) is 21.7. The van der Waals surface area contributed by atoms with Crippen molar-refractivity contribution < 1.29 is 8.83 Å². The van der Waals surface area contributed by atoms with Crippen LogP contribution in [0.4, 0.5) is 0 Å². The van der Waals surface area contributed by atoms with Crippen molar-refractivity contribution in [3.63, 3.8) is 0 Å². The fourth-order valence-corrected chi connectivity index (χ4v) is 4.31. The van der Waals surface area contributed by atoms with Crippen molar-refractivity contribution in [3.05, 3.63) is 82.3 Å². The smallest absolute Gasteiger partial charge is 0.250 e. The van der Waals surface area contributed by atoms with Gasteiger partial charge in [0.2, 0.25) is 15.2 Å². The number of aryl methyl sites for hydroxylation is 2. The number of nitrogens with zero attached hydrogens (tertiary/aromatic N) is 6. The van der Waals surface area contributed by atoms with Crippen LogP contribution in [0.3, 0.4) is 0 Å². The van der Waals surface area contributed by atoms with Crippen molar-refractivity contribution in [2.75, 3.05) is 0 Å². The monoisotopic (exact) mass is 880 g/mol. The van der Waals surface area contributed by atoms with E-state index < -0.39 is 15.2 Å². The Morgan fingerprint density at radius 1 is 0.489 bits per heavy atom. The molecule has 4 rings (SSSR count). The first-order valence-corrected chi connectivity index (χ1v) is 17.6. The third kappa shape index (κ3) is 13.3. The van der Waals surface area contributed by atoms with E-state index in [-0.39, 0.29) is 34.9 Å². The molecule has 0 amide bonds. The highest BCUT2D eigenvalue weighted by Gasteiger charge is 2.34. The highest BCUT2D eigenvalue weighted by atomic mass is 35.6. The van der Waals surface area contributed by atoms with Gasteiger partial charge in [-0.1, -0.05) is 153 Å². The first-order valence-electron chi connectivity index (χ1n) is 13.0. The Kier molecular flexibility index (Phi) is 15.0. The SMILES string of the molecule is CCCc1ccc(/C=C/c2nc(C(Cl)(Cl)Cl)nc(C(Cl)(Cl)Cl)n2)o1.CCc1ccc(/C=C/c2nc(C(Cl)(Cl)Cl)nc(C(Cl)(Cl)Cl)n2)o1. The maximum absolute atomic E-state index is 5.81. The second-order valence-electron chi connectivity index (χ2n) is 9.05. The minimum Gasteiger partial charge on any atom is -0.462 e. The van der Waals surface area contributed by atoms with Gasteiger partial charge in [0.1, 0.15) is 23.0 Å². The number of rotatable bonds is 7. The standard InChI is InChI=1S/C14H11Cl6N3O.C13H9Cl6N3O/c1-2-3-8-4-5-9(24-8)6-7-10-21-11(13(15,16)17)23-12(22-10)14(18,19)20;1-2-7-3-4-8(23-7)5-6-9-20-10(12(14,15)16)22-11(21-9)13(17,18)19/h4-7H,2-3H2,1H3;3-6H,2H2,1H3/b7-6+;6-5+. The predicted molar refractivity (Wildman–Crippen MR) is 195 cm³/mol. The van der Waals surface area contributed by atoms with E-state index in [1.165, 1.54) is 0 Å². The molecule has 0 radical (unpaired) electrons. The summed E-state index contributed by atoms with van der Waals surface area (Å²) >= 11 is 69.7. The lowest BCUT2D eigenvalue weighted by molar-refractivity contribution is 0.498. The molecule has 8 nitrogen and oxygen atoms in total. The second kappa shape index (κ2) is 17.2. The number of halogens is 12. The second-order valence-corrected chi connectivity index (χ2v) is 18.2. The van der Waals surface area contributed by atoms with Crippen LogP contribution in [0.5, 0.6) is 0 Å². The molecule has 0 saturated heterocycles. The lowest BCUT2D eigenvalue weighted by Crippen LogP contribution is -2.16. The van der Waals surface area contributed by atoms with Crippen LogP contribution in [0.1, 0.15) is 78.3 Å². The summed E-state index contributed by atoms with van der Waals surface area (Å²) in [6.07, 6.45) is 9.04. The lowest BCUT2D eigenvalue weighted by atomic mass is 10.3. The normalized spacial score (nSPS) is 13.0. The number of alkyl halides is 12. The van der Waals surface area contributed by atoms with Gasteiger partial charge in [0.15, 0.2) is 34.9 Å². The highest BCUT2D eigenvalue weighted by molar-refractivity contribution is 6.68. The topological polar surface area (TPSA) is 104 Å². The molecule has 0 aliphatic heterocycles. The van der Waals surface area contributed by atoms with Gasteiger partial charge in [-0.15, -0.1) is 0 Å². The van der Waals surface area contributed by atoms with E-state index in [4.69, 9.17) is 148 Å². The zero-order chi connectivity index (χ0) is 35.2. The Morgan fingerprint density at radius 3 is 1.13 bits per heavy atom. The summed E-state index contributed by atoms with van der Waals surface area (Å²) in [5.41, 5.74) is 0. The number of aromatic nitrogens is 6. The molecule has 0 N–H and O–H groups in total. The van der Waals surface area contributed by atoms with E-state index in [1.807, 2.05) is 31.2 Å². The lowest BCUT2D eigenvalue weighted by Gasteiger charge is -2.14. The number of hydrogen-bond donors (Lipinski definition) is 0. The Hall–Kier alpha value is -0.460. The van der Waals surface area contributed by atoms with Crippen LogP contribution < -0.4 is 0 Å². The summed E-state index contributed by atoms with van der Waals surface area (Å²) in [6.45, 7) is 4.05. The average molecular weight is 886 g/mol. The summed E-state index contributed by atoms with van der Waals surface area (Å²) in [7, 11) is 0. The van der Waals surface area contributed by atoms with Gasteiger partial charge in [-0.25, -0.2) is 29.9 Å². The summed E-state index contributed by atoms with van der Waals surface area (Å²) in [5.74, 6) is 2.74. The van der Waals surface area contributed by atoms with Crippen LogP contribution in [0.2, 0.25) is 0 Å². The van der Waals surface area contributed by atoms with E-state index in [1.54, 1.807) is 24.3 Å². The molecule has 0 bridgehead atoms. The summed E-state index contributed by atoms with van der Waals surface area (Å²) < 4.78 is 3.64. The molecule has 0 fully saturated rings. The van der Waals surface area contributed by atoms with Gasteiger partial charge in [-0.3, -0.25) is 0 Å². The Morgan fingerprint density at radius 2 is 0.830 bits per heavy atom. The van der Waals surface area contributed by atoms with Gasteiger partial charge in [-0.2, -0.15) is 0 Å². The van der Waals surface area contributed by atoms with Gasteiger partial charge < -0.3 is 8.83 Å². The number of furan rings is 2. The van der Waals surface area contributed by atoms with Crippen LogP contribution in [0.25, 0.3) is 24.3 Å². The Labute approximate surface area is 330 Å². The fourth-order valence-electron chi connectivity index (χ4n) is 3.29. The van der Waals surface area contributed by atoms with Gasteiger partial charge in [0, 0.05) is 12.8 Å².